The van der Waals surface area contributed by atoms with Gasteiger partial charge in [-0.1, -0.05) is 0 Å². The van der Waals surface area contributed by atoms with Crippen LogP contribution in [0, 0.1) is 0 Å². The van der Waals surface area contributed by atoms with E-state index < -0.39 is 5.60 Å². The summed E-state index contributed by atoms with van der Waals surface area (Å²) in [6, 6.07) is 5.25. The summed E-state index contributed by atoms with van der Waals surface area (Å²) >= 11 is 0. The molecule has 0 unspecified atom stereocenters. The molecule has 2 aromatic heterocycles. The molecule has 4 heterocycles. The van der Waals surface area contributed by atoms with Crippen molar-refractivity contribution in [3.8, 4) is 0 Å². The van der Waals surface area contributed by atoms with Crippen LogP contribution < -0.4 is 10.6 Å². The summed E-state index contributed by atoms with van der Waals surface area (Å²) in [4.78, 5) is 25.8. The largest absolute Gasteiger partial charge is 0.467 e. The molecule has 0 aliphatic carbocycles. The number of hydrogen-bond donors (Lipinski definition) is 2. The maximum Gasteiger partial charge on any atom is 0.407 e. The number of rotatable bonds is 3. The lowest BCUT2D eigenvalue weighted by Gasteiger charge is -2.25. The molecule has 2 N–H and O–H groups in total. The van der Waals surface area contributed by atoms with Crippen LogP contribution in [-0.2, 0) is 11.3 Å². The van der Waals surface area contributed by atoms with E-state index >= 15 is 0 Å². The van der Waals surface area contributed by atoms with E-state index in [1.165, 1.54) is 0 Å². The van der Waals surface area contributed by atoms with Gasteiger partial charge < -0.3 is 19.4 Å². The predicted molar refractivity (Wildman–Crippen MR) is 91.7 cm³/mol. The molecule has 0 aromatic carbocycles. The molecule has 0 bridgehead atoms. The van der Waals surface area contributed by atoms with Crippen molar-refractivity contribution in [1.29, 1.82) is 0 Å². The number of nitrogens with zero attached hydrogens (tertiary/aromatic N) is 3. The van der Waals surface area contributed by atoms with Crippen molar-refractivity contribution in [2.75, 3.05) is 25.0 Å². The van der Waals surface area contributed by atoms with Gasteiger partial charge in [0, 0.05) is 25.6 Å². The van der Waals surface area contributed by atoms with Gasteiger partial charge in [0.05, 0.1) is 19.0 Å². The van der Waals surface area contributed by atoms with Gasteiger partial charge in [-0.2, -0.15) is 5.10 Å². The molecule has 9 heteroatoms. The molecule has 2 aromatic rings. The summed E-state index contributed by atoms with van der Waals surface area (Å²) in [5.41, 5.74) is -0.479. The second kappa shape index (κ2) is 6.74. The van der Waals surface area contributed by atoms with Gasteiger partial charge in [-0.3, -0.25) is 5.32 Å². The van der Waals surface area contributed by atoms with Gasteiger partial charge in [0.15, 0.2) is 0 Å². The van der Waals surface area contributed by atoms with Crippen LogP contribution in [0.25, 0.3) is 0 Å². The number of nitrogens with one attached hydrogen (secondary N) is 2. The van der Waals surface area contributed by atoms with Crippen LogP contribution in [0.3, 0.4) is 0 Å². The van der Waals surface area contributed by atoms with E-state index in [4.69, 9.17) is 9.15 Å². The first-order valence-electron chi connectivity index (χ1n) is 8.71. The van der Waals surface area contributed by atoms with E-state index in [1.807, 2.05) is 12.1 Å². The lowest BCUT2D eigenvalue weighted by molar-refractivity contribution is 0.0454. The van der Waals surface area contributed by atoms with Crippen LogP contribution in [0.2, 0.25) is 0 Å². The Morgan fingerprint density at radius 2 is 2.27 bits per heavy atom. The summed E-state index contributed by atoms with van der Waals surface area (Å²) in [5.74, 6) is 1.37. The lowest BCUT2D eigenvalue weighted by Crippen LogP contribution is -2.38. The fourth-order valence-corrected chi connectivity index (χ4v) is 3.46. The van der Waals surface area contributed by atoms with Gasteiger partial charge in [0.2, 0.25) is 0 Å². The number of urea groups is 1. The SMILES string of the molecule is O=C1NC[C@]2(CCCN(C(=O)Nc3ccnn3Cc3ccco3)CC2)O1. The third-order valence-electron chi connectivity index (χ3n) is 4.89. The van der Waals surface area contributed by atoms with Crippen LogP contribution in [-0.4, -0.2) is 52.0 Å². The van der Waals surface area contributed by atoms with Gasteiger partial charge in [0.25, 0.3) is 0 Å². The molecule has 2 aliphatic heterocycles. The highest BCUT2D eigenvalue weighted by Crippen LogP contribution is 2.29. The van der Waals surface area contributed by atoms with Crippen molar-refractivity contribution in [3.63, 3.8) is 0 Å². The smallest absolute Gasteiger partial charge is 0.407 e. The number of amides is 3. The number of furan rings is 1. The Kier molecular flexibility index (Phi) is 4.27. The minimum Gasteiger partial charge on any atom is -0.467 e. The quantitative estimate of drug-likeness (QED) is 0.873. The molecular formula is C17H21N5O4. The molecule has 3 amide bonds. The van der Waals surface area contributed by atoms with Crippen molar-refractivity contribution in [3.05, 3.63) is 36.4 Å². The first-order valence-corrected chi connectivity index (χ1v) is 8.71. The minimum absolute atomic E-state index is 0.180. The summed E-state index contributed by atoms with van der Waals surface area (Å²) in [6.07, 6.45) is 5.05. The predicted octanol–water partition coefficient (Wildman–Crippen LogP) is 2.02. The Morgan fingerprint density at radius 3 is 3.04 bits per heavy atom. The Balaban J connectivity index is 1.38. The number of aromatic nitrogens is 2. The number of likely N-dealkylation sites (tertiary alicyclic amines) is 1. The van der Waals surface area contributed by atoms with Gasteiger partial charge in [-0.25, -0.2) is 14.3 Å². The molecule has 26 heavy (non-hydrogen) atoms. The molecule has 4 rings (SSSR count). The second-order valence-corrected chi connectivity index (χ2v) is 6.65. The normalized spacial score (nSPS) is 22.8. The Bertz CT molecular complexity index is 787. The number of anilines is 1. The molecule has 1 atom stereocenters. The summed E-state index contributed by atoms with van der Waals surface area (Å²) in [5, 5.41) is 9.86. The van der Waals surface area contributed by atoms with E-state index in [0.29, 0.717) is 38.4 Å². The van der Waals surface area contributed by atoms with Gasteiger partial charge in [-0.15, -0.1) is 0 Å². The minimum atomic E-state index is -0.479. The molecule has 0 radical (unpaired) electrons. The molecule has 0 saturated carbocycles. The Morgan fingerprint density at radius 1 is 1.35 bits per heavy atom. The molecule has 1 spiro atoms. The van der Waals surface area contributed by atoms with Crippen LogP contribution >= 0.6 is 0 Å². The van der Waals surface area contributed by atoms with Crippen molar-refractivity contribution >= 4 is 17.9 Å². The first kappa shape index (κ1) is 16.5. The van der Waals surface area contributed by atoms with E-state index in [1.54, 1.807) is 28.1 Å². The van der Waals surface area contributed by atoms with E-state index in [2.05, 4.69) is 15.7 Å². The van der Waals surface area contributed by atoms with Crippen molar-refractivity contribution in [1.82, 2.24) is 20.0 Å². The third-order valence-corrected chi connectivity index (χ3v) is 4.89. The fourth-order valence-electron chi connectivity index (χ4n) is 3.46. The number of carbonyl (C=O) groups is 2. The van der Waals surface area contributed by atoms with Crippen LogP contribution in [0.4, 0.5) is 15.4 Å². The van der Waals surface area contributed by atoms with Crippen molar-refractivity contribution in [2.24, 2.45) is 0 Å². The average molecular weight is 359 g/mol. The lowest BCUT2D eigenvalue weighted by atomic mass is 9.95. The molecule has 2 aliphatic rings. The highest BCUT2D eigenvalue weighted by atomic mass is 16.6. The zero-order valence-corrected chi connectivity index (χ0v) is 14.3. The van der Waals surface area contributed by atoms with Gasteiger partial charge >= 0.3 is 12.1 Å². The first-order chi connectivity index (χ1) is 12.6. The Labute approximate surface area is 150 Å². The number of ether oxygens (including phenoxy) is 1. The molecule has 9 nitrogen and oxygen atoms in total. The topological polar surface area (TPSA) is 102 Å². The highest BCUT2D eigenvalue weighted by molar-refractivity contribution is 5.88. The van der Waals surface area contributed by atoms with E-state index in [-0.39, 0.29) is 12.1 Å². The fraction of sp³-hybridized carbons (Fsp3) is 0.471. The van der Waals surface area contributed by atoms with E-state index in [9.17, 15) is 9.59 Å². The maximum absolute atomic E-state index is 12.7. The zero-order valence-electron chi connectivity index (χ0n) is 14.3. The van der Waals surface area contributed by atoms with Crippen LogP contribution in [0.1, 0.15) is 25.0 Å². The molecule has 2 saturated heterocycles. The summed E-state index contributed by atoms with van der Waals surface area (Å²) in [7, 11) is 0. The second-order valence-electron chi connectivity index (χ2n) is 6.65. The molecule has 138 valence electrons. The van der Waals surface area contributed by atoms with Gasteiger partial charge in [-0.05, 0) is 25.0 Å². The van der Waals surface area contributed by atoms with Crippen molar-refractivity contribution < 1.29 is 18.7 Å². The highest BCUT2D eigenvalue weighted by Gasteiger charge is 2.41. The number of carbonyl (C=O) groups excluding carboxylic acids is 2. The zero-order chi connectivity index (χ0) is 18.0. The van der Waals surface area contributed by atoms with E-state index in [0.717, 1.165) is 18.6 Å². The average Bonchev–Trinajstić information content (AvgIpc) is 3.32. The summed E-state index contributed by atoms with van der Waals surface area (Å²) < 4.78 is 12.5. The van der Waals surface area contributed by atoms with Gasteiger partial charge in [0.1, 0.15) is 23.7 Å². The molecular weight excluding hydrogens is 338 g/mol. The van der Waals surface area contributed by atoms with Crippen LogP contribution in [0.15, 0.2) is 35.1 Å². The number of hydrogen-bond acceptors (Lipinski definition) is 5. The maximum atomic E-state index is 12.7. The third kappa shape index (κ3) is 3.37. The Hall–Kier alpha value is -2.97. The monoisotopic (exact) mass is 359 g/mol. The van der Waals surface area contributed by atoms with Crippen LogP contribution in [0.5, 0.6) is 0 Å². The molecule has 2 fully saturated rings. The van der Waals surface area contributed by atoms with Crippen molar-refractivity contribution in [2.45, 2.75) is 31.4 Å². The number of alkyl carbamates (subject to hydrolysis) is 1. The standard InChI is InChI=1S/C17H21N5O4/c23-15(20-14-4-7-19-22(14)11-13-3-1-10-25-13)21-8-2-5-17(6-9-21)12-18-16(24)26-17/h1,3-4,7,10H,2,5-6,8-9,11-12H2,(H,18,24)(H,20,23)/t17-/m1/s1. The summed E-state index contributed by atoms with van der Waals surface area (Å²) in [6.45, 7) is 2.11.